The van der Waals surface area contributed by atoms with Gasteiger partial charge in [-0.2, -0.15) is 0 Å². The largest absolute Gasteiger partial charge is 0.334 e. The topological polar surface area (TPSA) is 32.3 Å². The Morgan fingerprint density at radius 2 is 2.26 bits per heavy atom. The van der Waals surface area contributed by atoms with E-state index in [9.17, 15) is 9.18 Å². The van der Waals surface area contributed by atoms with Crippen molar-refractivity contribution >= 4 is 21.8 Å². The van der Waals surface area contributed by atoms with Crippen LogP contribution in [0.15, 0.2) is 22.7 Å². The molecule has 0 radical (unpaired) electrons. The highest BCUT2D eigenvalue weighted by Gasteiger charge is 2.37. The summed E-state index contributed by atoms with van der Waals surface area (Å²) in [6, 6.07) is 4.77. The molecule has 0 spiro atoms. The van der Waals surface area contributed by atoms with E-state index < -0.39 is 0 Å². The molecule has 0 saturated carbocycles. The molecule has 0 aliphatic carbocycles. The summed E-state index contributed by atoms with van der Waals surface area (Å²) in [6.07, 6.45) is 2.24. The molecule has 0 aromatic heterocycles. The van der Waals surface area contributed by atoms with Gasteiger partial charge in [0, 0.05) is 31.2 Å². The molecule has 2 atom stereocenters. The molecule has 1 aromatic carbocycles. The summed E-state index contributed by atoms with van der Waals surface area (Å²) in [4.78, 5) is 14.5. The number of rotatable bonds is 1. The number of carbonyl (C=O) groups is 1. The van der Waals surface area contributed by atoms with E-state index in [2.05, 4.69) is 21.2 Å². The third-order valence-corrected chi connectivity index (χ3v) is 4.71. The molecule has 2 saturated heterocycles. The fourth-order valence-corrected chi connectivity index (χ4v) is 3.49. The first kappa shape index (κ1) is 13.1. The van der Waals surface area contributed by atoms with E-state index in [0.717, 1.165) is 26.1 Å². The number of nitrogens with one attached hydrogen (secondary N) is 1. The summed E-state index contributed by atoms with van der Waals surface area (Å²) in [5.41, 5.74) is 0.556. The van der Waals surface area contributed by atoms with Crippen LogP contribution in [-0.2, 0) is 0 Å². The number of halogens is 2. The number of fused-ring (bicyclic) bond motifs is 1. The van der Waals surface area contributed by atoms with E-state index in [1.165, 1.54) is 12.5 Å². The van der Waals surface area contributed by atoms with Gasteiger partial charge in [0.15, 0.2) is 0 Å². The maximum atomic E-state index is 13.2. The van der Waals surface area contributed by atoms with E-state index in [0.29, 0.717) is 22.0 Å². The highest BCUT2D eigenvalue weighted by atomic mass is 79.9. The van der Waals surface area contributed by atoms with Crippen LogP contribution in [-0.4, -0.2) is 36.5 Å². The zero-order valence-corrected chi connectivity index (χ0v) is 12.1. The molecule has 1 N–H and O–H groups in total. The SMILES string of the molecule is O=C(c1ccc(F)c(Br)c1)N1CCCC2CNCC21. The van der Waals surface area contributed by atoms with Crippen molar-refractivity contribution in [1.82, 2.24) is 10.2 Å². The molecule has 0 bridgehead atoms. The van der Waals surface area contributed by atoms with Crippen LogP contribution in [0.3, 0.4) is 0 Å². The van der Waals surface area contributed by atoms with Gasteiger partial charge in [-0.25, -0.2) is 4.39 Å². The molecule has 2 aliphatic heterocycles. The number of hydrogen-bond donors (Lipinski definition) is 1. The molecule has 1 amide bonds. The average molecular weight is 327 g/mol. The Bertz CT molecular complexity index is 508. The van der Waals surface area contributed by atoms with Crippen molar-refractivity contribution in [3.63, 3.8) is 0 Å². The molecule has 1 aromatic rings. The molecule has 102 valence electrons. The van der Waals surface area contributed by atoms with Gasteiger partial charge >= 0.3 is 0 Å². The van der Waals surface area contributed by atoms with Crippen molar-refractivity contribution in [3.05, 3.63) is 34.1 Å². The van der Waals surface area contributed by atoms with Crippen LogP contribution in [0.25, 0.3) is 0 Å². The lowest BCUT2D eigenvalue weighted by Gasteiger charge is -2.37. The van der Waals surface area contributed by atoms with Crippen molar-refractivity contribution in [2.75, 3.05) is 19.6 Å². The van der Waals surface area contributed by atoms with Gasteiger partial charge in [-0.05, 0) is 52.9 Å². The maximum absolute atomic E-state index is 13.2. The van der Waals surface area contributed by atoms with Gasteiger partial charge in [-0.1, -0.05) is 0 Å². The van der Waals surface area contributed by atoms with Crippen molar-refractivity contribution < 1.29 is 9.18 Å². The summed E-state index contributed by atoms with van der Waals surface area (Å²) in [6.45, 7) is 2.68. The molecule has 5 heteroatoms. The zero-order valence-electron chi connectivity index (χ0n) is 10.5. The Hall–Kier alpha value is -0.940. The molecule has 2 aliphatic rings. The lowest BCUT2D eigenvalue weighted by Crippen LogP contribution is -2.48. The Kier molecular flexibility index (Phi) is 3.58. The van der Waals surface area contributed by atoms with E-state index in [1.54, 1.807) is 12.1 Å². The average Bonchev–Trinajstić information content (AvgIpc) is 2.89. The number of hydrogen-bond acceptors (Lipinski definition) is 2. The molecule has 3 rings (SSSR count). The van der Waals surface area contributed by atoms with Crippen molar-refractivity contribution in [3.8, 4) is 0 Å². The first-order valence-electron chi connectivity index (χ1n) is 6.63. The summed E-state index contributed by atoms with van der Waals surface area (Å²) in [7, 11) is 0. The van der Waals surface area contributed by atoms with Crippen LogP contribution in [0.1, 0.15) is 23.2 Å². The fourth-order valence-electron chi connectivity index (χ4n) is 3.12. The van der Waals surface area contributed by atoms with Crippen molar-refractivity contribution in [2.24, 2.45) is 5.92 Å². The Morgan fingerprint density at radius 3 is 3.05 bits per heavy atom. The first-order valence-corrected chi connectivity index (χ1v) is 7.43. The normalized spacial score (nSPS) is 26.3. The van der Waals surface area contributed by atoms with Crippen molar-refractivity contribution in [1.29, 1.82) is 0 Å². The lowest BCUT2D eigenvalue weighted by atomic mass is 9.91. The smallest absolute Gasteiger partial charge is 0.254 e. The van der Waals surface area contributed by atoms with E-state index in [4.69, 9.17) is 0 Å². The predicted octanol–water partition coefficient (Wildman–Crippen LogP) is 2.41. The molecule has 2 unspecified atom stereocenters. The first-order chi connectivity index (χ1) is 9.16. The standard InChI is InChI=1S/C14H16BrFN2O/c15-11-6-9(3-4-12(11)16)14(19)18-5-1-2-10-7-17-8-13(10)18/h3-4,6,10,13,17H,1-2,5,7-8H2. The summed E-state index contributed by atoms with van der Waals surface area (Å²) in [5.74, 6) is 0.247. The molecule has 2 heterocycles. The van der Waals surface area contributed by atoms with E-state index in [-0.39, 0.29) is 11.7 Å². The van der Waals surface area contributed by atoms with Gasteiger partial charge < -0.3 is 10.2 Å². The zero-order chi connectivity index (χ0) is 13.4. The summed E-state index contributed by atoms with van der Waals surface area (Å²) >= 11 is 3.14. The summed E-state index contributed by atoms with van der Waals surface area (Å²) < 4.78 is 13.6. The third-order valence-electron chi connectivity index (χ3n) is 4.11. The van der Waals surface area contributed by atoms with Gasteiger partial charge in [0.2, 0.25) is 0 Å². The monoisotopic (exact) mass is 326 g/mol. The minimum Gasteiger partial charge on any atom is -0.334 e. The second-order valence-electron chi connectivity index (χ2n) is 5.26. The minimum atomic E-state index is -0.337. The van der Waals surface area contributed by atoms with Gasteiger partial charge in [0.1, 0.15) is 5.82 Å². The highest BCUT2D eigenvalue weighted by molar-refractivity contribution is 9.10. The number of carbonyl (C=O) groups excluding carboxylic acids is 1. The molecular weight excluding hydrogens is 311 g/mol. The van der Waals surface area contributed by atoms with Crippen molar-refractivity contribution in [2.45, 2.75) is 18.9 Å². The molecule has 19 heavy (non-hydrogen) atoms. The molecule has 3 nitrogen and oxygen atoms in total. The van der Waals surface area contributed by atoms with Crippen LogP contribution in [0.4, 0.5) is 4.39 Å². The van der Waals surface area contributed by atoms with Crippen LogP contribution in [0, 0.1) is 11.7 Å². The van der Waals surface area contributed by atoms with Gasteiger partial charge in [-0.3, -0.25) is 4.79 Å². The van der Waals surface area contributed by atoms with E-state index >= 15 is 0 Å². The Balaban J connectivity index is 1.84. The number of nitrogens with zero attached hydrogens (tertiary/aromatic N) is 1. The van der Waals surface area contributed by atoms with Gasteiger partial charge in [-0.15, -0.1) is 0 Å². The highest BCUT2D eigenvalue weighted by Crippen LogP contribution is 2.28. The maximum Gasteiger partial charge on any atom is 0.254 e. The fraction of sp³-hybridized carbons (Fsp3) is 0.500. The number of likely N-dealkylation sites (tertiary alicyclic amines) is 1. The van der Waals surface area contributed by atoms with Gasteiger partial charge in [0.05, 0.1) is 4.47 Å². The van der Waals surface area contributed by atoms with Gasteiger partial charge in [0.25, 0.3) is 5.91 Å². The predicted molar refractivity (Wildman–Crippen MR) is 74.5 cm³/mol. The second-order valence-corrected chi connectivity index (χ2v) is 6.11. The minimum absolute atomic E-state index is 0.0131. The Morgan fingerprint density at radius 1 is 1.42 bits per heavy atom. The van der Waals surface area contributed by atoms with Crippen LogP contribution < -0.4 is 5.32 Å². The third kappa shape index (κ3) is 2.41. The number of piperidine rings is 1. The van der Waals surface area contributed by atoms with Crippen LogP contribution in [0.2, 0.25) is 0 Å². The number of amides is 1. The quantitative estimate of drug-likeness (QED) is 0.859. The van der Waals surface area contributed by atoms with Crippen LogP contribution in [0.5, 0.6) is 0 Å². The second kappa shape index (κ2) is 5.21. The lowest BCUT2D eigenvalue weighted by molar-refractivity contribution is 0.0574. The molecular formula is C14H16BrFN2O. The summed E-state index contributed by atoms with van der Waals surface area (Å²) in [5, 5.41) is 3.36. The Labute approximate surface area is 120 Å². The van der Waals surface area contributed by atoms with E-state index in [1.807, 2.05) is 4.90 Å². The van der Waals surface area contributed by atoms with Crippen LogP contribution >= 0.6 is 15.9 Å². The number of benzene rings is 1. The molecule has 2 fully saturated rings.